The second-order valence-electron chi connectivity index (χ2n) is 5.79. The maximum atomic E-state index is 12.1. The summed E-state index contributed by atoms with van der Waals surface area (Å²) in [5.74, 6) is -0.0819. The van der Waals surface area contributed by atoms with Gasteiger partial charge in [0.25, 0.3) is 0 Å². The number of rotatable bonds is 9. The summed E-state index contributed by atoms with van der Waals surface area (Å²) in [6.45, 7) is 4.17. The standard InChI is InChI=1S/C16H24Cl2N2O3S/c1-4-6-12(2)19-16(21)7-5-10-20(24(3,22)23)15-11-13(17)8-9-14(15)18/h8-9,11-12H,4-7,10H2,1-3H3,(H,19,21). The summed E-state index contributed by atoms with van der Waals surface area (Å²) in [7, 11) is -3.53. The second-order valence-corrected chi connectivity index (χ2v) is 8.54. The van der Waals surface area contributed by atoms with Gasteiger partial charge in [0, 0.05) is 24.0 Å². The molecule has 0 saturated heterocycles. The summed E-state index contributed by atoms with van der Waals surface area (Å²) < 4.78 is 25.3. The van der Waals surface area contributed by atoms with Gasteiger partial charge in [0.1, 0.15) is 0 Å². The van der Waals surface area contributed by atoms with Crippen LogP contribution in [-0.4, -0.2) is 33.2 Å². The number of sulfonamides is 1. The molecule has 0 spiro atoms. The largest absolute Gasteiger partial charge is 0.354 e. The molecule has 136 valence electrons. The van der Waals surface area contributed by atoms with E-state index in [-0.39, 0.29) is 24.9 Å². The van der Waals surface area contributed by atoms with Crippen LogP contribution in [0, 0.1) is 0 Å². The van der Waals surface area contributed by atoms with Crippen molar-refractivity contribution in [3.05, 3.63) is 28.2 Å². The Labute approximate surface area is 154 Å². The van der Waals surface area contributed by atoms with Gasteiger partial charge in [-0.25, -0.2) is 8.42 Å². The number of amides is 1. The molecule has 0 aliphatic rings. The monoisotopic (exact) mass is 394 g/mol. The maximum absolute atomic E-state index is 12.1. The molecule has 1 rings (SSSR count). The van der Waals surface area contributed by atoms with Gasteiger partial charge < -0.3 is 5.32 Å². The Morgan fingerprint density at radius 2 is 2.00 bits per heavy atom. The van der Waals surface area contributed by atoms with Gasteiger partial charge in [-0.1, -0.05) is 36.5 Å². The van der Waals surface area contributed by atoms with E-state index in [1.54, 1.807) is 12.1 Å². The van der Waals surface area contributed by atoms with Crippen molar-refractivity contribution in [3.8, 4) is 0 Å². The van der Waals surface area contributed by atoms with E-state index in [1.807, 2.05) is 6.92 Å². The summed E-state index contributed by atoms with van der Waals surface area (Å²) in [5, 5.41) is 3.59. The fourth-order valence-electron chi connectivity index (χ4n) is 2.38. The first-order valence-corrected chi connectivity index (χ1v) is 10.5. The number of halogens is 2. The number of carbonyl (C=O) groups excluding carboxylic acids is 1. The summed E-state index contributed by atoms with van der Waals surface area (Å²) >= 11 is 12.0. The molecule has 0 saturated carbocycles. The Bertz CT molecular complexity index is 665. The molecule has 0 bridgehead atoms. The van der Waals surface area contributed by atoms with Crippen LogP contribution >= 0.6 is 23.2 Å². The molecule has 0 heterocycles. The molecule has 0 fully saturated rings. The molecule has 0 aliphatic heterocycles. The minimum Gasteiger partial charge on any atom is -0.354 e. The van der Waals surface area contributed by atoms with E-state index in [4.69, 9.17) is 23.2 Å². The van der Waals surface area contributed by atoms with Crippen molar-refractivity contribution in [2.45, 2.75) is 45.6 Å². The lowest BCUT2D eigenvalue weighted by Crippen LogP contribution is -2.34. The van der Waals surface area contributed by atoms with Gasteiger partial charge in [-0.2, -0.15) is 0 Å². The van der Waals surface area contributed by atoms with E-state index in [1.165, 1.54) is 10.4 Å². The Morgan fingerprint density at radius 3 is 2.58 bits per heavy atom. The second kappa shape index (κ2) is 9.49. The van der Waals surface area contributed by atoms with Gasteiger partial charge in [-0.05, 0) is 38.0 Å². The lowest BCUT2D eigenvalue weighted by molar-refractivity contribution is -0.121. The molecule has 24 heavy (non-hydrogen) atoms. The fourth-order valence-corrected chi connectivity index (χ4v) is 3.78. The van der Waals surface area contributed by atoms with E-state index in [0.29, 0.717) is 22.2 Å². The average molecular weight is 395 g/mol. The van der Waals surface area contributed by atoms with Gasteiger partial charge in [0.05, 0.1) is 17.0 Å². The Kier molecular flexibility index (Phi) is 8.33. The first-order chi connectivity index (χ1) is 11.1. The molecule has 0 aromatic heterocycles. The highest BCUT2D eigenvalue weighted by atomic mass is 35.5. The van der Waals surface area contributed by atoms with Crippen molar-refractivity contribution in [2.75, 3.05) is 17.1 Å². The smallest absolute Gasteiger partial charge is 0.232 e. The number of hydrogen-bond acceptors (Lipinski definition) is 3. The lowest BCUT2D eigenvalue weighted by Gasteiger charge is -2.23. The molecule has 1 N–H and O–H groups in total. The number of benzene rings is 1. The molecule has 1 atom stereocenters. The minimum atomic E-state index is -3.53. The van der Waals surface area contributed by atoms with E-state index < -0.39 is 10.0 Å². The number of anilines is 1. The van der Waals surface area contributed by atoms with Crippen molar-refractivity contribution in [3.63, 3.8) is 0 Å². The predicted octanol–water partition coefficient (Wildman–Crippen LogP) is 3.84. The molecule has 1 amide bonds. The summed E-state index contributed by atoms with van der Waals surface area (Å²) in [6.07, 6.45) is 3.66. The van der Waals surface area contributed by atoms with Crippen molar-refractivity contribution >= 4 is 44.8 Å². The van der Waals surface area contributed by atoms with Crippen LogP contribution in [0.4, 0.5) is 5.69 Å². The molecular weight excluding hydrogens is 371 g/mol. The summed E-state index contributed by atoms with van der Waals surface area (Å²) in [5.41, 5.74) is 0.325. The highest BCUT2D eigenvalue weighted by molar-refractivity contribution is 7.92. The normalized spacial score (nSPS) is 12.7. The van der Waals surface area contributed by atoms with Crippen LogP contribution in [0.3, 0.4) is 0 Å². The SMILES string of the molecule is CCCC(C)NC(=O)CCCN(c1cc(Cl)ccc1Cl)S(C)(=O)=O. The third-order valence-corrected chi connectivity index (χ3v) is 5.21. The van der Waals surface area contributed by atoms with Crippen molar-refractivity contribution < 1.29 is 13.2 Å². The molecule has 0 aliphatic carbocycles. The van der Waals surface area contributed by atoms with E-state index >= 15 is 0 Å². The third-order valence-electron chi connectivity index (χ3n) is 3.47. The number of carbonyl (C=O) groups is 1. The quantitative estimate of drug-likeness (QED) is 0.691. The van der Waals surface area contributed by atoms with Crippen LogP contribution in [0.15, 0.2) is 18.2 Å². The van der Waals surface area contributed by atoms with Gasteiger partial charge in [-0.3, -0.25) is 9.10 Å². The molecule has 5 nitrogen and oxygen atoms in total. The highest BCUT2D eigenvalue weighted by Gasteiger charge is 2.20. The zero-order valence-electron chi connectivity index (χ0n) is 14.2. The maximum Gasteiger partial charge on any atom is 0.232 e. The number of hydrogen-bond donors (Lipinski definition) is 1. The summed E-state index contributed by atoms with van der Waals surface area (Å²) in [6, 6.07) is 4.78. The average Bonchev–Trinajstić information content (AvgIpc) is 2.45. The van der Waals surface area contributed by atoms with E-state index in [9.17, 15) is 13.2 Å². The Morgan fingerprint density at radius 1 is 1.33 bits per heavy atom. The van der Waals surface area contributed by atoms with Gasteiger partial charge in [0.2, 0.25) is 15.9 Å². The minimum absolute atomic E-state index is 0.0819. The van der Waals surface area contributed by atoms with Crippen molar-refractivity contribution in [1.82, 2.24) is 5.32 Å². The van der Waals surface area contributed by atoms with Crippen molar-refractivity contribution in [1.29, 1.82) is 0 Å². The topological polar surface area (TPSA) is 66.5 Å². The zero-order chi connectivity index (χ0) is 18.3. The van der Waals surface area contributed by atoms with Gasteiger partial charge >= 0.3 is 0 Å². The number of nitrogens with zero attached hydrogens (tertiary/aromatic N) is 1. The van der Waals surface area contributed by atoms with Gasteiger partial charge in [-0.15, -0.1) is 0 Å². The number of nitrogens with one attached hydrogen (secondary N) is 1. The lowest BCUT2D eigenvalue weighted by atomic mass is 10.2. The van der Waals surface area contributed by atoms with Crippen LogP contribution in [0.1, 0.15) is 39.5 Å². The molecule has 8 heteroatoms. The van der Waals surface area contributed by atoms with Crippen LogP contribution in [0.25, 0.3) is 0 Å². The Hall–Kier alpha value is -0.980. The molecule has 1 unspecified atom stereocenters. The molecule has 1 aromatic rings. The first-order valence-electron chi connectivity index (χ1n) is 7.87. The zero-order valence-corrected chi connectivity index (χ0v) is 16.5. The van der Waals surface area contributed by atoms with Crippen LogP contribution in [-0.2, 0) is 14.8 Å². The first kappa shape index (κ1) is 21.1. The third kappa shape index (κ3) is 6.87. The predicted molar refractivity (Wildman–Crippen MR) is 100 cm³/mol. The molecule has 1 aromatic carbocycles. The van der Waals surface area contributed by atoms with Gasteiger partial charge in [0.15, 0.2) is 0 Å². The fraction of sp³-hybridized carbons (Fsp3) is 0.562. The van der Waals surface area contributed by atoms with E-state index in [2.05, 4.69) is 12.2 Å². The highest BCUT2D eigenvalue weighted by Crippen LogP contribution is 2.30. The van der Waals surface area contributed by atoms with Crippen LogP contribution in [0.2, 0.25) is 10.0 Å². The Balaban J connectivity index is 2.73. The van der Waals surface area contributed by atoms with Crippen LogP contribution < -0.4 is 9.62 Å². The molecule has 0 radical (unpaired) electrons. The van der Waals surface area contributed by atoms with Crippen molar-refractivity contribution in [2.24, 2.45) is 0 Å². The molecular formula is C16H24Cl2N2O3S. The summed E-state index contributed by atoms with van der Waals surface area (Å²) in [4.78, 5) is 11.9. The van der Waals surface area contributed by atoms with Crippen LogP contribution in [0.5, 0.6) is 0 Å². The van der Waals surface area contributed by atoms with E-state index in [0.717, 1.165) is 19.1 Å².